The summed E-state index contributed by atoms with van der Waals surface area (Å²) in [5.41, 5.74) is 0.398. The van der Waals surface area contributed by atoms with E-state index in [1.54, 1.807) is 7.05 Å². The summed E-state index contributed by atoms with van der Waals surface area (Å²) in [4.78, 5) is 11.5. The fraction of sp³-hybridized carbons (Fsp3) is 0.500. The molecule has 1 rings (SSSR count). The number of aromatic nitrogens is 2. The largest absolute Gasteiger partial charge is 0.348 e. The zero-order chi connectivity index (χ0) is 10.0. The molecule has 1 amide bonds. The molecular formula is C8H12ClN3O. The molecule has 0 saturated heterocycles. The van der Waals surface area contributed by atoms with E-state index in [-0.39, 0.29) is 11.9 Å². The van der Waals surface area contributed by atoms with E-state index < -0.39 is 0 Å². The Bertz CT molecular complexity index is 300. The lowest BCUT2D eigenvalue weighted by Gasteiger charge is -2.08. The molecular weight excluding hydrogens is 190 g/mol. The summed E-state index contributed by atoms with van der Waals surface area (Å²) >= 11 is 5.78. The molecule has 72 valence electrons. The molecule has 0 aliphatic carbocycles. The first-order valence-corrected chi connectivity index (χ1v) is 4.38. The molecule has 4 nitrogen and oxygen atoms in total. The Morgan fingerprint density at radius 3 is 2.69 bits per heavy atom. The van der Waals surface area contributed by atoms with Gasteiger partial charge in [-0.05, 0) is 13.8 Å². The summed E-state index contributed by atoms with van der Waals surface area (Å²) in [6.45, 7) is 3.78. The van der Waals surface area contributed by atoms with Crippen molar-refractivity contribution in [2.45, 2.75) is 19.9 Å². The minimum atomic E-state index is -0.194. The molecule has 0 radical (unpaired) electrons. The third kappa shape index (κ3) is 2.21. The maximum absolute atomic E-state index is 11.5. The Kier molecular flexibility index (Phi) is 2.93. The molecule has 0 aliphatic rings. The average Bonchev–Trinajstić information content (AvgIpc) is 2.29. The Morgan fingerprint density at radius 1 is 1.69 bits per heavy atom. The lowest BCUT2D eigenvalue weighted by Crippen LogP contribution is -2.31. The average molecular weight is 202 g/mol. The fourth-order valence-corrected chi connectivity index (χ4v) is 1.25. The predicted molar refractivity (Wildman–Crippen MR) is 50.8 cm³/mol. The van der Waals surface area contributed by atoms with Crippen LogP contribution in [-0.4, -0.2) is 21.7 Å². The van der Waals surface area contributed by atoms with E-state index in [0.717, 1.165) is 0 Å². The summed E-state index contributed by atoms with van der Waals surface area (Å²) in [5.74, 6) is -0.194. The number of carbonyl (C=O) groups excluding carboxylic acids is 1. The standard InChI is InChI=1S/C8H12ClN3O/c1-5(2)11-8(13)7-6(9)4-10-12(7)3/h4-5H,1-3H3,(H,11,13). The van der Waals surface area contributed by atoms with E-state index in [0.29, 0.717) is 10.7 Å². The highest BCUT2D eigenvalue weighted by Gasteiger charge is 2.15. The van der Waals surface area contributed by atoms with E-state index in [2.05, 4.69) is 10.4 Å². The van der Waals surface area contributed by atoms with Crippen LogP contribution in [0.3, 0.4) is 0 Å². The first-order valence-electron chi connectivity index (χ1n) is 4.00. The van der Waals surface area contributed by atoms with E-state index in [9.17, 15) is 4.79 Å². The van der Waals surface area contributed by atoms with Crippen molar-refractivity contribution in [1.29, 1.82) is 0 Å². The Hall–Kier alpha value is -1.03. The van der Waals surface area contributed by atoms with Gasteiger partial charge in [0.25, 0.3) is 5.91 Å². The Morgan fingerprint density at radius 2 is 2.31 bits per heavy atom. The molecule has 1 aromatic rings. The Balaban J connectivity index is 2.88. The van der Waals surface area contributed by atoms with Crippen LogP contribution in [0.2, 0.25) is 5.02 Å². The van der Waals surface area contributed by atoms with E-state index in [1.807, 2.05) is 13.8 Å². The molecule has 0 aromatic carbocycles. The van der Waals surface area contributed by atoms with E-state index in [1.165, 1.54) is 10.9 Å². The normalized spacial score (nSPS) is 10.5. The fourth-order valence-electron chi connectivity index (χ4n) is 0.997. The molecule has 5 heteroatoms. The van der Waals surface area contributed by atoms with Crippen LogP contribution in [-0.2, 0) is 7.05 Å². The third-order valence-electron chi connectivity index (χ3n) is 1.53. The van der Waals surface area contributed by atoms with Gasteiger partial charge in [-0.3, -0.25) is 9.48 Å². The topological polar surface area (TPSA) is 46.9 Å². The van der Waals surface area contributed by atoms with Gasteiger partial charge < -0.3 is 5.32 Å². The number of carbonyl (C=O) groups is 1. The number of hydrogen-bond acceptors (Lipinski definition) is 2. The van der Waals surface area contributed by atoms with Crippen LogP contribution < -0.4 is 5.32 Å². The van der Waals surface area contributed by atoms with Crippen LogP contribution in [0.15, 0.2) is 6.20 Å². The second kappa shape index (κ2) is 3.79. The zero-order valence-electron chi connectivity index (χ0n) is 7.84. The van der Waals surface area contributed by atoms with Crippen LogP contribution in [0.4, 0.5) is 0 Å². The number of halogens is 1. The van der Waals surface area contributed by atoms with Crippen molar-refractivity contribution in [3.63, 3.8) is 0 Å². The smallest absolute Gasteiger partial charge is 0.271 e. The molecule has 0 aliphatic heterocycles. The lowest BCUT2D eigenvalue weighted by molar-refractivity contribution is 0.0934. The number of nitrogens with one attached hydrogen (secondary N) is 1. The number of rotatable bonds is 2. The number of hydrogen-bond donors (Lipinski definition) is 1. The minimum Gasteiger partial charge on any atom is -0.348 e. The molecule has 1 aromatic heterocycles. The van der Waals surface area contributed by atoms with Gasteiger partial charge in [0.15, 0.2) is 0 Å². The minimum absolute atomic E-state index is 0.0958. The molecule has 1 heterocycles. The molecule has 0 saturated carbocycles. The lowest BCUT2D eigenvalue weighted by atomic mass is 10.3. The third-order valence-corrected chi connectivity index (χ3v) is 1.81. The number of amides is 1. The highest BCUT2D eigenvalue weighted by atomic mass is 35.5. The second-order valence-electron chi connectivity index (χ2n) is 3.09. The molecule has 0 spiro atoms. The van der Waals surface area contributed by atoms with Gasteiger partial charge in [0.2, 0.25) is 0 Å². The monoisotopic (exact) mass is 201 g/mol. The SMILES string of the molecule is CC(C)NC(=O)c1c(Cl)cnn1C. The van der Waals surface area contributed by atoms with E-state index in [4.69, 9.17) is 11.6 Å². The number of aryl methyl sites for hydroxylation is 1. The summed E-state index contributed by atoms with van der Waals surface area (Å²) < 4.78 is 1.46. The van der Waals surface area contributed by atoms with Crippen LogP contribution in [0.1, 0.15) is 24.3 Å². The summed E-state index contributed by atoms with van der Waals surface area (Å²) in [6.07, 6.45) is 1.46. The maximum atomic E-state index is 11.5. The zero-order valence-corrected chi connectivity index (χ0v) is 8.59. The van der Waals surface area contributed by atoms with Gasteiger partial charge >= 0.3 is 0 Å². The maximum Gasteiger partial charge on any atom is 0.271 e. The summed E-state index contributed by atoms with van der Waals surface area (Å²) in [7, 11) is 1.68. The first-order chi connectivity index (χ1) is 6.02. The predicted octanol–water partition coefficient (Wildman–Crippen LogP) is 1.21. The highest BCUT2D eigenvalue weighted by molar-refractivity contribution is 6.33. The van der Waals surface area contributed by atoms with Crippen molar-refractivity contribution in [2.75, 3.05) is 0 Å². The van der Waals surface area contributed by atoms with Crippen LogP contribution >= 0.6 is 11.6 Å². The van der Waals surface area contributed by atoms with Gasteiger partial charge in [0, 0.05) is 13.1 Å². The summed E-state index contributed by atoms with van der Waals surface area (Å²) in [6, 6.07) is 0.0958. The van der Waals surface area contributed by atoms with Gasteiger partial charge in [-0.2, -0.15) is 5.10 Å². The molecule has 0 fully saturated rings. The second-order valence-corrected chi connectivity index (χ2v) is 3.50. The summed E-state index contributed by atoms with van der Waals surface area (Å²) in [5, 5.41) is 6.99. The highest BCUT2D eigenvalue weighted by Crippen LogP contribution is 2.13. The molecule has 0 atom stereocenters. The van der Waals surface area contributed by atoms with Crippen LogP contribution in [0.5, 0.6) is 0 Å². The molecule has 0 unspecified atom stereocenters. The van der Waals surface area contributed by atoms with Crippen molar-refractivity contribution >= 4 is 17.5 Å². The van der Waals surface area contributed by atoms with Gasteiger partial charge in [-0.1, -0.05) is 11.6 Å². The van der Waals surface area contributed by atoms with E-state index >= 15 is 0 Å². The molecule has 0 bridgehead atoms. The van der Waals surface area contributed by atoms with Crippen molar-refractivity contribution in [1.82, 2.24) is 15.1 Å². The van der Waals surface area contributed by atoms with Gasteiger partial charge in [-0.25, -0.2) is 0 Å². The van der Waals surface area contributed by atoms with Crippen molar-refractivity contribution < 1.29 is 4.79 Å². The quantitative estimate of drug-likeness (QED) is 0.782. The van der Waals surface area contributed by atoms with Gasteiger partial charge in [0.1, 0.15) is 5.69 Å². The van der Waals surface area contributed by atoms with Crippen molar-refractivity contribution in [3.8, 4) is 0 Å². The first kappa shape index (κ1) is 10.1. The number of nitrogens with zero attached hydrogens (tertiary/aromatic N) is 2. The van der Waals surface area contributed by atoms with Crippen LogP contribution in [0, 0.1) is 0 Å². The molecule has 13 heavy (non-hydrogen) atoms. The van der Waals surface area contributed by atoms with Crippen molar-refractivity contribution in [2.24, 2.45) is 7.05 Å². The van der Waals surface area contributed by atoms with Gasteiger partial charge in [-0.15, -0.1) is 0 Å². The van der Waals surface area contributed by atoms with Crippen LogP contribution in [0.25, 0.3) is 0 Å². The molecule has 1 N–H and O–H groups in total. The van der Waals surface area contributed by atoms with Crippen molar-refractivity contribution in [3.05, 3.63) is 16.9 Å². The Labute approximate surface area is 81.9 Å². The van der Waals surface area contributed by atoms with Gasteiger partial charge in [0.05, 0.1) is 11.2 Å².